The van der Waals surface area contributed by atoms with Gasteiger partial charge in [0.05, 0.1) is 24.8 Å². The summed E-state index contributed by atoms with van der Waals surface area (Å²) in [5.74, 6) is -0.475. The van der Waals surface area contributed by atoms with Crippen LogP contribution in [0.15, 0.2) is 84.6 Å². The van der Waals surface area contributed by atoms with E-state index >= 15 is 0 Å². The molecule has 0 aliphatic carbocycles. The van der Waals surface area contributed by atoms with Crippen molar-refractivity contribution in [3.63, 3.8) is 0 Å². The fourth-order valence-electron chi connectivity index (χ4n) is 4.63. The number of aromatic amines is 1. The molecular formula is C29H26N2O5. The third kappa shape index (κ3) is 3.98. The van der Waals surface area contributed by atoms with Crippen molar-refractivity contribution in [1.82, 2.24) is 4.98 Å². The number of para-hydroxylation sites is 1. The average molecular weight is 483 g/mol. The topological polar surface area (TPSA) is 91.9 Å². The highest BCUT2D eigenvalue weighted by Gasteiger charge is 2.47. The van der Waals surface area contributed by atoms with Crippen LogP contribution in [0.3, 0.4) is 0 Å². The molecule has 5 rings (SSSR count). The number of hydrogen-bond acceptors (Lipinski definition) is 5. The maximum absolute atomic E-state index is 13.5. The van der Waals surface area contributed by atoms with Crippen LogP contribution in [0.5, 0.6) is 11.5 Å². The number of carbonyl (C=O) groups is 2. The van der Waals surface area contributed by atoms with Gasteiger partial charge in [0.15, 0.2) is 0 Å². The average Bonchev–Trinajstić information content (AvgIpc) is 3.43. The second-order valence-corrected chi connectivity index (χ2v) is 8.35. The standard InChI is InChI=1S/C29H26N2O5/c1-3-35-20-14-12-18(13-15-20)27(32)25-26(23-17-30-24-11-6-5-10-22(23)24)31(29(34)28(25)33)19-8-7-9-21(16-19)36-4-2/h5-17,26,30,32H,3-4H2,1-2H3/b27-25+. The molecule has 1 fully saturated rings. The lowest BCUT2D eigenvalue weighted by atomic mass is 9.94. The van der Waals surface area contributed by atoms with E-state index in [1.807, 2.05) is 38.1 Å². The molecule has 1 amide bonds. The Hall–Kier alpha value is -4.52. The molecule has 0 spiro atoms. The summed E-state index contributed by atoms with van der Waals surface area (Å²) < 4.78 is 11.1. The molecule has 1 saturated heterocycles. The quantitative estimate of drug-likeness (QED) is 0.203. The van der Waals surface area contributed by atoms with E-state index in [-0.39, 0.29) is 11.3 Å². The Morgan fingerprint density at radius 1 is 0.917 bits per heavy atom. The SMILES string of the molecule is CCOc1ccc(/C(O)=C2\C(=O)C(=O)N(c3cccc(OCC)c3)C2c2c[nH]c3ccccc23)cc1. The molecule has 2 N–H and O–H groups in total. The lowest BCUT2D eigenvalue weighted by Crippen LogP contribution is -2.29. The molecule has 1 unspecified atom stereocenters. The van der Waals surface area contributed by atoms with Crippen molar-refractivity contribution in [2.24, 2.45) is 0 Å². The van der Waals surface area contributed by atoms with Gasteiger partial charge in [0.2, 0.25) is 0 Å². The van der Waals surface area contributed by atoms with Gasteiger partial charge in [0.1, 0.15) is 17.3 Å². The lowest BCUT2D eigenvalue weighted by molar-refractivity contribution is -0.132. The number of ketones is 1. The van der Waals surface area contributed by atoms with Crippen LogP contribution in [0.1, 0.15) is 31.0 Å². The first kappa shape index (κ1) is 23.2. The third-order valence-corrected chi connectivity index (χ3v) is 6.21. The number of benzene rings is 3. The van der Waals surface area contributed by atoms with Crippen LogP contribution in [-0.2, 0) is 9.59 Å². The Kier molecular flexibility index (Phi) is 6.21. The van der Waals surface area contributed by atoms with Crippen LogP contribution in [-0.4, -0.2) is 35.0 Å². The van der Waals surface area contributed by atoms with Gasteiger partial charge in [-0.3, -0.25) is 14.5 Å². The number of H-pyrrole nitrogens is 1. The number of anilines is 1. The number of nitrogens with one attached hydrogen (secondary N) is 1. The summed E-state index contributed by atoms with van der Waals surface area (Å²) in [4.78, 5) is 31.6. The zero-order valence-electron chi connectivity index (χ0n) is 20.0. The van der Waals surface area contributed by atoms with E-state index in [1.165, 1.54) is 4.90 Å². The van der Waals surface area contributed by atoms with Gasteiger partial charge in [0.25, 0.3) is 11.7 Å². The van der Waals surface area contributed by atoms with Crippen molar-refractivity contribution in [2.45, 2.75) is 19.9 Å². The minimum Gasteiger partial charge on any atom is -0.507 e. The Bertz CT molecular complexity index is 1470. The van der Waals surface area contributed by atoms with E-state index in [0.29, 0.717) is 41.5 Å². The van der Waals surface area contributed by atoms with Crippen molar-refractivity contribution in [2.75, 3.05) is 18.1 Å². The first-order valence-electron chi connectivity index (χ1n) is 11.9. The van der Waals surface area contributed by atoms with Crippen LogP contribution >= 0.6 is 0 Å². The van der Waals surface area contributed by atoms with Crippen molar-refractivity contribution in [3.05, 3.63) is 95.7 Å². The minimum atomic E-state index is -0.843. The van der Waals surface area contributed by atoms with E-state index in [4.69, 9.17) is 9.47 Å². The number of aliphatic hydroxyl groups is 1. The minimum absolute atomic E-state index is 0.0238. The number of aliphatic hydroxyl groups excluding tert-OH is 1. The Labute approximate surface area is 208 Å². The number of amides is 1. The van der Waals surface area contributed by atoms with Gasteiger partial charge in [-0.1, -0.05) is 24.3 Å². The molecule has 1 aliphatic rings. The normalized spacial score (nSPS) is 17.1. The highest BCUT2D eigenvalue weighted by atomic mass is 16.5. The summed E-state index contributed by atoms with van der Waals surface area (Å²) in [6.45, 7) is 4.74. The van der Waals surface area contributed by atoms with Crippen LogP contribution in [0, 0.1) is 0 Å². The molecule has 1 atom stereocenters. The summed E-state index contributed by atoms with van der Waals surface area (Å²) in [5.41, 5.74) is 2.52. The summed E-state index contributed by atoms with van der Waals surface area (Å²) in [7, 11) is 0. The first-order valence-corrected chi connectivity index (χ1v) is 11.9. The fourth-order valence-corrected chi connectivity index (χ4v) is 4.63. The third-order valence-electron chi connectivity index (χ3n) is 6.21. The number of carbonyl (C=O) groups excluding carboxylic acids is 2. The van der Waals surface area contributed by atoms with Crippen molar-refractivity contribution < 1.29 is 24.2 Å². The van der Waals surface area contributed by atoms with Gasteiger partial charge in [0, 0.05) is 40.0 Å². The van der Waals surface area contributed by atoms with Crippen LogP contribution in [0.4, 0.5) is 5.69 Å². The molecular weight excluding hydrogens is 456 g/mol. The van der Waals surface area contributed by atoms with Crippen molar-refractivity contribution in [3.8, 4) is 11.5 Å². The number of Topliss-reactive ketones (excluding diaryl/α,β-unsaturated/α-hetero) is 1. The summed E-state index contributed by atoms with van der Waals surface area (Å²) in [6, 6.07) is 20.7. The molecule has 7 heteroatoms. The van der Waals surface area contributed by atoms with E-state index in [2.05, 4.69) is 4.98 Å². The zero-order valence-corrected chi connectivity index (χ0v) is 20.0. The fraction of sp³-hybridized carbons (Fsp3) is 0.172. The molecule has 0 saturated carbocycles. The molecule has 3 aromatic carbocycles. The smallest absolute Gasteiger partial charge is 0.300 e. The Balaban J connectivity index is 1.71. The number of aromatic nitrogens is 1. The van der Waals surface area contributed by atoms with Gasteiger partial charge in [-0.25, -0.2) is 0 Å². The highest BCUT2D eigenvalue weighted by Crippen LogP contribution is 2.44. The van der Waals surface area contributed by atoms with E-state index in [1.54, 1.807) is 54.7 Å². The highest BCUT2D eigenvalue weighted by molar-refractivity contribution is 6.51. The summed E-state index contributed by atoms with van der Waals surface area (Å²) in [6.07, 6.45) is 1.78. The van der Waals surface area contributed by atoms with Crippen molar-refractivity contribution >= 4 is 34.0 Å². The molecule has 7 nitrogen and oxygen atoms in total. The number of hydrogen-bond donors (Lipinski definition) is 2. The van der Waals surface area contributed by atoms with Crippen molar-refractivity contribution in [1.29, 1.82) is 0 Å². The predicted octanol–water partition coefficient (Wildman–Crippen LogP) is 5.59. The van der Waals surface area contributed by atoms with Gasteiger partial charge in [-0.15, -0.1) is 0 Å². The van der Waals surface area contributed by atoms with E-state index in [0.717, 1.165) is 10.9 Å². The van der Waals surface area contributed by atoms with Gasteiger partial charge in [-0.2, -0.15) is 0 Å². The van der Waals surface area contributed by atoms with E-state index in [9.17, 15) is 14.7 Å². The molecule has 36 heavy (non-hydrogen) atoms. The van der Waals surface area contributed by atoms with Gasteiger partial charge in [-0.05, 0) is 56.3 Å². The molecule has 1 aliphatic heterocycles. The second-order valence-electron chi connectivity index (χ2n) is 8.35. The maximum Gasteiger partial charge on any atom is 0.300 e. The summed E-state index contributed by atoms with van der Waals surface area (Å²) >= 11 is 0. The monoisotopic (exact) mass is 482 g/mol. The lowest BCUT2D eigenvalue weighted by Gasteiger charge is -2.25. The maximum atomic E-state index is 13.5. The molecule has 2 heterocycles. The summed E-state index contributed by atoms with van der Waals surface area (Å²) in [5, 5.41) is 12.2. The number of rotatable bonds is 7. The number of ether oxygens (including phenoxy) is 2. The van der Waals surface area contributed by atoms with Crippen LogP contribution in [0.25, 0.3) is 16.7 Å². The van der Waals surface area contributed by atoms with Gasteiger partial charge >= 0.3 is 0 Å². The second kappa shape index (κ2) is 9.62. The zero-order chi connectivity index (χ0) is 25.2. The predicted molar refractivity (Wildman–Crippen MR) is 138 cm³/mol. The number of nitrogens with zero attached hydrogens (tertiary/aromatic N) is 1. The molecule has 0 radical (unpaired) electrons. The van der Waals surface area contributed by atoms with Crippen LogP contribution in [0.2, 0.25) is 0 Å². The molecule has 182 valence electrons. The first-order chi connectivity index (χ1) is 17.5. The van der Waals surface area contributed by atoms with E-state index < -0.39 is 17.7 Å². The molecule has 4 aromatic rings. The van der Waals surface area contributed by atoms with Gasteiger partial charge < -0.3 is 19.6 Å². The number of fused-ring (bicyclic) bond motifs is 1. The molecule has 0 bridgehead atoms. The largest absolute Gasteiger partial charge is 0.507 e. The Morgan fingerprint density at radius 3 is 2.39 bits per heavy atom. The van der Waals surface area contributed by atoms with Crippen LogP contribution < -0.4 is 14.4 Å². The molecule has 1 aromatic heterocycles. The Morgan fingerprint density at radius 2 is 1.64 bits per heavy atom.